The van der Waals surface area contributed by atoms with Gasteiger partial charge in [0.1, 0.15) is 0 Å². The van der Waals surface area contributed by atoms with Gasteiger partial charge in [-0.2, -0.15) is 10.2 Å². The first-order chi connectivity index (χ1) is 15.7. The lowest BCUT2D eigenvalue weighted by Gasteiger charge is -2.28. The van der Waals surface area contributed by atoms with Crippen molar-refractivity contribution in [1.29, 1.82) is 0 Å². The second-order valence-corrected chi connectivity index (χ2v) is 8.36. The van der Waals surface area contributed by atoms with Crippen LogP contribution < -0.4 is 0 Å². The van der Waals surface area contributed by atoms with E-state index >= 15 is 0 Å². The predicted molar refractivity (Wildman–Crippen MR) is 120 cm³/mol. The minimum absolute atomic E-state index is 0.298. The lowest BCUT2D eigenvalue weighted by molar-refractivity contribution is -0.138. The van der Waals surface area contributed by atoms with Gasteiger partial charge in [-0.3, -0.25) is 20.0 Å². The Bertz CT molecular complexity index is 1170. The Hall–Kier alpha value is -3.81. The van der Waals surface area contributed by atoms with Crippen molar-refractivity contribution in [3.05, 3.63) is 60.6 Å². The molecule has 32 heavy (non-hydrogen) atoms. The van der Waals surface area contributed by atoms with Gasteiger partial charge < -0.3 is 5.11 Å². The average Bonchev–Trinajstić information content (AvgIpc) is 3.52. The van der Waals surface area contributed by atoms with Gasteiger partial charge in [-0.15, -0.1) is 0 Å². The van der Waals surface area contributed by atoms with E-state index in [4.69, 9.17) is 5.11 Å². The highest BCUT2D eigenvalue weighted by molar-refractivity contribution is 5.67. The summed E-state index contributed by atoms with van der Waals surface area (Å²) in [6.07, 6.45) is 9.62. The van der Waals surface area contributed by atoms with Crippen LogP contribution in [0.5, 0.6) is 0 Å². The van der Waals surface area contributed by atoms with E-state index < -0.39 is 5.97 Å². The van der Waals surface area contributed by atoms with Crippen LogP contribution in [0, 0.1) is 5.92 Å². The third-order valence-electron chi connectivity index (χ3n) is 6.27. The fourth-order valence-corrected chi connectivity index (χ4v) is 4.47. The number of H-pyrrole nitrogens is 2. The highest BCUT2D eigenvalue weighted by Crippen LogP contribution is 2.37. The van der Waals surface area contributed by atoms with Gasteiger partial charge in [0.25, 0.3) is 0 Å². The number of carbonyl (C=O) groups is 1. The molecule has 5 rings (SSSR count). The lowest BCUT2D eigenvalue weighted by Crippen LogP contribution is -2.16. The van der Waals surface area contributed by atoms with Crippen molar-refractivity contribution in [3.63, 3.8) is 0 Å². The topological polar surface area (TPSA) is 120 Å². The molecular formula is C24H24N6O2. The Balaban J connectivity index is 1.24. The number of nitrogens with one attached hydrogen (secondary N) is 2. The Kier molecular flexibility index (Phi) is 5.49. The molecule has 0 amide bonds. The van der Waals surface area contributed by atoms with Crippen molar-refractivity contribution >= 4 is 5.97 Å². The summed E-state index contributed by atoms with van der Waals surface area (Å²) in [5, 5.41) is 22.9. The van der Waals surface area contributed by atoms with Gasteiger partial charge in [-0.25, -0.2) is 4.98 Å². The highest BCUT2D eigenvalue weighted by atomic mass is 16.4. The van der Waals surface area contributed by atoms with E-state index in [0.717, 1.165) is 48.1 Å². The smallest absolute Gasteiger partial charge is 0.303 e. The zero-order valence-electron chi connectivity index (χ0n) is 17.5. The number of aliphatic carboxylic acids is 1. The number of hydrogen-bond donors (Lipinski definition) is 3. The van der Waals surface area contributed by atoms with Crippen molar-refractivity contribution in [3.8, 4) is 34.0 Å². The quantitative estimate of drug-likeness (QED) is 0.410. The summed E-state index contributed by atoms with van der Waals surface area (Å²) in [4.78, 5) is 20.1. The second kappa shape index (κ2) is 8.74. The van der Waals surface area contributed by atoms with Crippen molar-refractivity contribution in [2.75, 3.05) is 0 Å². The van der Waals surface area contributed by atoms with E-state index in [2.05, 4.69) is 54.6 Å². The normalized spacial score (nSPS) is 18.5. The molecule has 8 heteroatoms. The van der Waals surface area contributed by atoms with Gasteiger partial charge in [0, 0.05) is 29.9 Å². The second-order valence-electron chi connectivity index (χ2n) is 8.36. The SMILES string of the molecule is O=C(O)CC1CCC(c2ccc(-c3ccc(-c4nc(-c5cn[nH]c5)n[nH]4)cn3)cc2)CC1. The molecule has 1 saturated carbocycles. The van der Waals surface area contributed by atoms with Crippen LogP contribution in [-0.4, -0.2) is 41.4 Å². The van der Waals surface area contributed by atoms with Gasteiger partial charge in [-0.05, 0) is 55.2 Å². The summed E-state index contributed by atoms with van der Waals surface area (Å²) >= 11 is 0. The molecule has 1 fully saturated rings. The monoisotopic (exact) mass is 428 g/mol. The molecule has 1 aromatic carbocycles. The van der Waals surface area contributed by atoms with E-state index in [-0.39, 0.29) is 0 Å². The molecule has 0 spiro atoms. The standard InChI is InChI=1S/C24H24N6O2/c31-22(32)11-15-1-3-16(4-2-15)17-5-7-18(8-6-17)21-10-9-19(12-25-21)23-28-24(30-29-23)20-13-26-27-14-20/h5-10,12-16H,1-4,11H2,(H,26,27)(H,31,32)(H,28,29,30). The Morgan fingerprint density at radius 3 is 2.41 bits per heavy atom. The molecule has 3 N–H and O–H groups in total. The third-order valence-corrected chi connectivity index (χ3v) is 6.27. The zero-order valence-corrected chi connectivity index (χ0v) is 17.5. The minimum atomic E-state index is -0.682. The van der Waals surface area contributed by atoms with Crippen molar-refractivity contribution in [1.82, 2.24) is 30.4 Å². The van der Waals surface area contributed by atoms with Crippen LogP contribution in [0.25, 0.3) is 34.0 Å². The first-order valence-corrected chi connectivity index (χ1v) is 10.9. The zero-order chi connectivity index (χ0) is 21.9. The number of rotatable bonds is 6. The molecule has 4 aromatic rings. The highest BCUT2D eigenvalue weighted by Gasteiger charge is 2.24. The van der Waals surface area contributed by atoms with Crippen molar-refractivity contribution in [2.24, 2.45) is 5.92 Å². The molecule has 8 nitrogen and oxygen atoms in total. The summed E-state index contributed by atoms with van der Waals surface area (Å²) in [7, 11) is 0. The summed E-state index contributed by atoms with van der Waals surface area (Å²) in [5.41, 5.74) is 4.99. The Morgan fingerprint density at radius 1 is 0.969 bits per heavy atom. The van der Waals surface area contributed by atoms with E-state index in [1.54, 1.807) is 18.6 Å². The van der Waals surface area contributed by atoms with E-state index in [1.807, 2.05) is 12.1 Å². The van der Waals surface area contributed by atoms with Gasteiger partial charge in [0.05, 0.1) is 17.5 Å². The summed E-state index contributed by atoms with van der Waals surface area (Å²) in [5.74, 6) is 1.41. The van der Waals surface area contributed by atoms with E-state index in [9.17, 15) is 4.79 Å². The molecule has 0 saturated heterocycles. The van der Waals surface area contributed by atoms with Gasteiger partial charge >= 0.3 is 5.97 Å². The minimum Gasteiger partial charge on any atom is -0.481 e. The molecule has 3 heterocycles. The maximum atomic E-state index is 10.9. The number of aromatic amines is 2. The number of benzene rings is 1. The lowest BCUT2D eigenvalue weighted by atomic mass is 9.77. The van der Waals surface area contributed by atoms with Crippen LogP contribution >= 0.6 is 0 Å². The Labute approximate surface area is 185 Å². The first-order valence-electron chi connectivity index (χ1n) is 10.9. The predicted octanol–water partition coefficient (Wildman–Crippen LogP) is 4.67. The summed E-state index contributed by atoms with van der Waals surface area (Å²) < 4.78 is 0. The number of carboxylic acids is 1. The molecule has 1 aliphatic rings. The fourth-order valence-electron chi connectivity index (χ4n) is 4.47. The van der Waals surface area contributed by atoms with Crippen molar-refractivity contribution < 1.29 is 9.90 Å². The maximum Gasteiger partial charge on any atom is 0.303 e. The van der Waals surface area contributed by atoms with Crippen LogP contribution in [0.15, 0.2) is 55.0 Å². The molecule has 0 radical (unpaired) electrons. The number of carboxylic acid groups (broad SMARTS) is 1. The molecule has 162 valence electrons. The van der Waals surface area contributed by atoms with Gasteiger partial charge in [0.15, 0.2) is 11.6 Å². The molecule has 0 bridgehead atoms. The molecule has 3 aromatic heterocycles. The summed E-state index contributed by atoms with van der Waals surface area (Å²) in [6, 6.07) is 12.6. The van der Waals surface area contributed by atoms with Gasteiger partial charge in [-0.1, -0.05) is 24.3 Å². The van der Waals surface area contributed by atoms with E-state index in [0.29, 0.717) is 29.9 Å². The van der Waals surface area contributed by atoms with Crippen molar-refractivity contribution in [2.45, 2.75) is 38.0 Å². The number of aromatic nitrogens is 6. The van der Waals surface area contributed by atoms with E-state index in [1.165, 1.54) is 5.56 Å². The molecule has 0 unspecified atom stereocenters. The Morgan fingerprint density at radius 2 is 1.75 bits per heavy atom. The third kappa shape index (κ3) is 4.30. The largest absolute Gasteiger partial charge is 0.481 e. The molecule has 1 aliphatic carbocycles. The first kappa shape index (κ1) is 20.1. The molecular weight excluding hydrogens is 404 g/mol. The van der Waals surface area contributed by atoms with Gasteiger partial charge in [0.2, 0.25) is 0 Å². The molecule has 0 aliphatic heterocycles. The van der Waals surface area contributed by atoms with Crippen LogP contribution in [0.1, 0.15) is 43.6 Å². The molecule has 0 atom stereocenters. The fraction of sp³-hybridized carbons (Fsp3) is 0.292. The van der Waals surface area contributed by atoms with Crippen LogP contribution in [0.2, 0.25) is 0 Å². The number of nitrogens with zero attached hydrogens (tertiary/aromatic N) is 4. The maximum absolute atomic E-state index is 10.9. The number of hydrogen-bond acceptors (Lipinski definition) is 5. The van der Waals surface area contributed by atoms with Crippen LogP contribution in [0.4, 0.5) is 0 Å². The van der Waals surface area contributed by atoms with Crippen LogP contribution in [0.3, 0.4) is 0 Å². The van der Waals surface area contributed by atoms with Crippen LogP contribution in [-0.2, 0) is 4.79 Å². The average molecular weight is 428 g/mol. The summed E-state index contributed by atoms with van der Waals surface area (Å²) in [6.45, 7) is 0. The number of pyridine rings is 1.